The third-order valence-corrected chi connectivity index (χ3v) is 1.94. The van der Waals surface area contributed by atoms with Crippen LogP contribution in [0.3, 0.4) is 0 Å². The van der Waals surface area contributed by atoms with E-state index >= 15 is 0 Å². The van der Waals surface area contributed by atoms with Crippen molar-refractivity contribution >= 4 is 11.6 Å². The molecule has 1 aromatic rings. The minimum absolute atomic E-state index is 0.620. The summed E-state index contributed by atoms with van der Waals surface area (Å²) in [5, 5.41) is 0.620. The Labute approximate surface area is 77.1 Å². The van der Waals surface area contributed by atoms with E-state index in [0.29, 0.717) is 5.02 Å². The van der Waals surface area contributed by atoms with E-state index in [1.807, 2.05) is 6.92 Å². The van der Waals surface area contributed by atoms with E-state index in [2.05, 4.69) is 0 Å². The zero-order valence-corrected chi connectivity index (χ0v) is 8.11. The maximum atomic E-state index is 5.82. The predicted molar refractivity (Wildman–Crippen MR) is 49.3 cm³/mol. The number of halogens is 1. The third-order valence-electron chi connectivity index (χ3n) is 1.72. The van der Waals surface area contributed by atoms with Gasteiger partial charge >= 0.3 is 0 Å². The van der Waals surface area contributed by atoms with Gasteiger partial charge in [0.05, 0.1) is 14.2 Å². The van der Waals surface area contributed by atoms with Gasteiger partial charge in [0.2, 0.25) is 0 Å². The van der Waals surface area contributed by atoms with Crippen molar-refractivity contribution in [1.29, 1.82) is 0 Å². The van der Waals surface area contributed by atoms with Crippen molar-refractivity contribution in [2.45, 2.75) is 6.92 Å². The van der Waals surface area contributed by atoms with Gasteiger partial charge in [-0.05, 0) is 19.1 Å². The summed E-state index contributed by atoms with van der Waals surface area (Å²) in [7, 11) is 3.22. The molecule has 0 N–H and O–H groups in total. The minimum atomic E-state index is 0.620. The second-order valence-electron chi connectivity index (χ2n) is 2.44. The van der Waals surface area contributed by atoms with E-state index in [9.17, 15) is 0 Å². The molecule has 0 saturated carbocycles. The van der Waals surface area contributed by atoms with Crippen LogP contribution < -0.4 is 9.47 Å². The Kier molecular flexibility index (Phi) is 2.82. The van der Waals surface area contributed by atoms with Gasteiger partial charge in [0, 0.05) is 10.6 Å². The minimum Gasteiger partial charge on any atom is -0.496 e. The Hall–Kier alpha value is -0.890. The first-order chi connectivity index (χ1) is 5.69. The molecule has 66 valence electrons. The summed E-state index contributed by atoms with van der Waals surface area (Å²) in [6.07, 6.45) is 0. The molecule has 1 aromatic carbocycles. The van der Waals surface area contributed by atoms with Gasteiger partial charge in [-0.15, -0.1) is 0 Å². The lowest BCUT2D eigenvalue weighted by molar-refractivity contribution is 0.389. The second kappa shape index (κ2) is 3.68. The lowest BCUT2D eigenvalue weighted by Crippen LogP contribution is -1.91. The van der Waals surface area contributed by atoms with Crippen molar-refractivity contribution in [3.8, 4) is 11.5 Å². The van der Waals surface area contributed by atoms with E-state index in [1.165, 1.54) is 0 Å². The fraction of sp³-hybridized carbons (Fsp3) is 0.333. The Morgan fingerprint density at radius 2 is 1.50 bits per heavy atom. The van der Waals surface area contributed by atoms with Gasteiger partial charge in [-0.2, -0.15) is 0 Å². The molecule has 12 heavy (non-hydrogen) atoms. The Morgan fingerprint density at radius 3 is 1.83 bits per heavy atom. The van der Waals surface area contributed by atoms with E-state index in [1.54, 1.807) is 26.4 Å². The highest BCUT2D eigenvalue weighted by atomic mass is 35.5. The van der Waals surface area contributed by atoms with Crippen LogP contribution in [0.5, 0.6) is 11.5 Å². The topological polar surface area (TPSA) is 18.5 Å². The van der Waals surface area contributed by atoms with Crippen LogP contribution in [-0.2, 0) is 0 Å². The SMILES string of the molecule is COc1cc(Cl)cc(OC)c1C. The molecule has 0 amide bonds. The van der Waals surface area contributed by atoms with E-state index < -0.39 is 0 Å². The van der Waals surface area contributed by atoms with Crippen molar-refractivity contribution in [2.75, 3.05) is 14.2 Å². The summed E-state index contributed by atoms with van der Waals surface area (Å²) < 4.78 is 10.2. The maximum absolute atomic E-state index is 5.82. The van der Waals surface area contributed by atoms with Gasteiger partial charge in [0.1, 0.15) is 11.5 Å². The largest absolute Gasteiger partial charge is 0.496 e. The molecule has 0 saturated heterocycles. The van der Waals surface area contributed by atoms with Crippen LogP contribution in [0.15, 0.2) is 12.1 Å². The van der Waals surface area contributed by atoms with Gasteiger partial charge in [-0.25, -0.2) is 0 Å². The van der Waals surface area contributed by atoms with Crippen molar-refractivity contribution in [3.63, 3.8) is 0 Å². The number of hydrogen-bond acceptors (Lipinski definition) is 2. The quantitative estimate of drug-likeness (QED) is 0.707. The second-order valence-corrected chi connectivity index (χ2v) is 2.87. The number of rotatable bonds is 2. The fourth-order valence-corrected chi connectivity index (χ4v) is 1.25. The van der Waals surface area contributed by atoms with Gasteiger partial charge in [-0.3, -0.25) is 0 Å². The van der Waals surface area contributed by atoms with Crippen molar-refractivity contribution in [3.05, 3.63) is 22.7 Å². The highest BCUT2D eigenvalue weighted by Gasteiger charge is 2.06. The van der Waals surface area contributed by atoms with Gasteiger partial charge in [0.15, 0.2) is 0 Å². The first-order valence-electron chi connectivity index (χ1n) is 3.57. The molecule has 0 fully saturated rings. The summed E-state index contributed by atoms with van der Waals surface area (Å²) >= 11 is 5.82. The molecule has 2 nitrogen and oxygen atoms in total. The van der Waals surface area contributed by atoms with E-state index in [4.69, 9.17) is 21.1 Å². The average molecular weight is 187 g/mol. The predicted octanol–water partition coefficient (Wildman–Crippen LogP) is 2.67. The first kappa shape index (κ1) is 9.20. The molecule has 0 spiro atoms. The van der Waals surface area contributed by atoms with Crippen LogP contribution in [0.25, 0.3) is 0 Å². The Bertz CT molecular complexity index is 259. The zero-order valence-electron chi connectivity index (χ0n) is 7.35. The molecule has 0 aliphatic heterocycles. The smallest absolute Gasteiger partial charge is 0.126 e. The number of hydrogen-bond donors (Lipinski definition) is 0. The van der Waals surface area contributed by atoms with Crippen LogP contribution in [0.4, 0.5) is 0 Å². The van der Waals surface area contributed by atoms with Gasteiger partial charge in [-0.1, -0.05) is 11.6 Å². The lowest BCUT2D eigenvalue weighted by Gasteiger charge is -2.09. The first-order valence-corrected chi connectivity index (χ1v) is 3.95. The van der Waals surface area contributed by atoms with E-state index in [0.717, 1.165) is 17.1 Å². The Balaban J connectivity index is 3.22. The molecule has 0 bridgehead atoms. The summed E-state index contributed by atoms with van der Waals surface area (Å²) in [5.74, 6) is 1.50. The molecule has 0 heterocycles. The normalized spacial score (nSPS) is 9.67. The zero-order chi connectivity index (χ0) is 9.14. The molecule has 3 heteroatoms. The molecule has 0 aliphatic rings. The van der Waals surface area contributed by atoms with Crippen LogP contribution in [0, 0.1) is 6.92 Å². The monoisotopic (exact) mass is 186 g/mol. The van der Waals surface area contributed by atoms with Gasteiger partial charge in [0.25, 0.3) is 0 Å². The molecular weight excluding hydrogens is 176 g/mol. The summed E-state index contributed by atoms with van der Waals surface area (Å²) in [6.45, 7) is 1.92. The maximum Gasteiger partial charge on any atom is 0.126 e. The van der Waals surface area contributed by atoms with Crippen molar-refractivity contribution in [2.24, 2.45) is 0 Å². The highest BCUT2D eigenvalue weighted by molar-refractivity contribution is 6.30. The number of benzene rings is 1. The fourth-order valence-electron chi connectivity index (χ4n) is 1.05. The molecule has 0 atom stereocenters. The average Bonchev–Trinajstić information content (AvgIpc) is 2.08. The van der Waals surface area contributed by atoms with Gasteiger partial charge < -0.3 is 9.47 Å². The van der Waals surface area contributed by atoms with Crippen LogP contribution >= 0.6 is 11.6 Å². The van der Waals surface area contributed by atoms with E-state index in [-0.39, 0.29) is 0 Å². The van der Waals surface area contributed by atoms with Crippen LogP contribution in [0.1, 0.15) is 5.56 Å². The molecule has 1 rings (SSSR count). The van der Waals surface area contributed by atoms with Crippen molar-refractivity contribution in [1.82, 2.24) is 0 Å². The number of methoxy groups -OCH3 is 2. The standard InChI is InChI=1S/C9H11ClO2/c1-6-8(11-2)4-7(10)5-9(6)12-3/h4-5H,1-3H3. The molecular formula is C9H11ClO2. The number of ether oxygens (including phenoxy) is 2. The Morgan fingerprint density at radius 1 is 1.08 bits per heavy atom. The summed E-state index contributed by atoms with van der Waals surface area (Å²) in [5.41, 5.74) is 0.962. The molecule has 0 radical (unpaired) electrons. The highest BCUT2D eigenvalue weighted by Crippen LogP contribution is 2.31. The summed E-state index contributed by atoms with van der Waals surface area (Å²) in [6, 6.07) is 3.53. The lowest BCUT2D eigenvalue weighted by atomic mass is 10.2. The van der Waals surface area contributed by atoms with Crippen molar-refractivity contribution < 1.29 is 9.47 Å². The van der Waals surface area contributed by atoms with Crippen LogP contribution in [0.2, 0.25) is 5.02 Å². The summed E-state index contributed by atoms with van der Waals surface area (Å²) in [4.78, 5) is 0. The third kappa shape index (κ3) is 1.64. The molecule has 0 aromatic heterocycles. The van der Waals surface area contributed by atoms with Crippen LogP contribution in [-0.4, -0.2) is 14.2 Å². The molecule has 0 aliphatic carbocycles. The molecule has 0 unspecified atom stereocenters.